The molecule has 2 N–H and O–H groups in total. The van der Waals surface area contributed by atoms with E-state index in [9.17, 15) is 0 Å². The van der Waals surface area contributed by atoms with Gasteiger partial charge in [-0.2, -0.15) is 0 Å². The van der Waals surface area contributed by atoms with Gasteiger partial charge in [0, 0.05) is 32.7 Å². The molecule has 0 amide bonds. The third kappa shape index (κ3) is 4.81. The summed E-state index contributed by atoms with van der Waals surface area (Å²) in [6.07, 6.45) is 0. The first-order valence-corrected chi connectivity index (χ1v) is 16.0. The van der Waals surface area contributed by atoms with E-state index in [4.69, 9.17) is 24.6 Å². The van der Waals surface area contributed by atoms with Gasteiger partial charge in [0.05, 0.1) is 6.54 Å². The van der Waals surface area contributed by atoms with E-state index in [-0.39, 0.29) is 0 Å². The molecule has 0 atom stereocenters. The normalized spacial score (nSPS) is 12.6. The first-order chi connectivity index (χ1) is 23.7. The van der Waals surface area contributed by atoms with E-state index in [0.29, 0.717) is 18.2 Å². The number of hydrogen-bond acceptors (Lipinski definition) is 3. The Labute approximate surface area is 276 Å². The topological polar surface area (TPSA) is 77.0 Å². The number of amidine groups is 2. The first-order valence-electron chi connectivity index (χ1n) is 16.0. The molecule has 5 nitrogen and oxygen atoms in total. The SMILES string of the molecule is NC(=NC(=NCc1ccccc1)c1ccc2ccccc2c1)c1cccc2oc3ccc(-c4cccc5oc6ccccc6c45)cc3c12. The molecule has 9 rings (SSSR count). The maximum Gasteiger partial charge on any atom is 0.157 e. The number of nitrogens with two attached hydrogens (primary N) is 1. The number of fused-ring (bicyclic) bond motifs is 7. The van der Waals surface area contributed by atoms with Crippen LogP contribution in [0, 0.1) is 0 Å². The largest absolute Gasteiger partial charge is 0.456 e. The van der Waals surface area contributed by atoms with Crippen molar-refractivity contribution < 1.29 is 8.83 Å². The van der Waals surface area contributed by atoms with Crippen molar-refractivity contribution in [2.75, 3.05) is 0 Å². The summed E-state index contributed by atoms with van der Waals surface area (Å²) in [7, 11) is 0. The molecule has 0 fully saturated rings. The van der Waals surface area contributed by atoms with Gasteiger partial charge in [-0.3, -0.25) is 4.99 Å². The summed E-state index contributed by atoms with van der Waals surface area (Å²) in [5.41, 5.74) is 15.1. The Bertz CT molecular complexity index is 2720. The minimum atomic E-state index is 0.372. The van der Waals surface area contributed by atoms with E-state index in [0.717, 1.165) is 82.5 Å². The second-order valence-electron chi connectivity index (χ2n) is 12.0. The van der Waals surface area contributed by atoms with Crippen molar-refractivity contribution in [3.8, 4) is 11.1 Å². The highest BCUT2D eigenvalue weighted by atomic mass is 16.3. The molecule has 0 saturated carbocycles. The Kier molecular flexibility index (Phi) is 6.61. The van der Waals surface area contributed by atoms with E-state index < -0.39 is 0 Å². The molecule has 0 unspecified atom stereocenters. The smallest absolute Gasteiger partial charge is 0.157 e. The number of aliphatic imine (C=N–C) groups is 2. The fourth-order valence-corrected chi connectivity index (χ4v) is 6.67. The maximum atomic E-state index is 6.92. The summed E-state index contributed by atoms with van der Waals surface area (Å²) < 4.78 is 12.6. The molecule has 7 aromatic carbocycles. The van der Waals surface area contributed by atoms with Crippen LogP contribution in [-0.2, 0) is 6.54 Å². The van der Waals surface area contributed by atoms with Crippen LogP contribution in [0.25, 0.3) is 65.8 Å². The third-order valence-electron chi connectivity index (χ3n) is 8.97. The Morgan fingerprint density at radius 3 is 2.12 bits per heavy atom. The zero-order valence-electron chi connectivity index (χ0n) is 25.9. The van der Waals surface area contributed by atoms with Crippen LogP contribution >= 0.6 is 0 Å². The van der Waals surface area contributed by atoms with Gasteiger partial charge in [0.25, 0.3) is 0 Å². The lowest BCUT2D eigenvalue weighted by Gasteiger charge is -2.08. The fourth-order valence-electron chi connectivity index (χ4n) is 6.67. The maximum absolute atomic E-state index is 6.92. The number of benzene rings is 7. The summed E-state index contributed by atoms with van der Waals surface area (Å²) in [5, 5.41) is 6.34. The monoisotopic (exact) mass is 619 g/mol. The van der Waals surface area contributed by atoms with Crippen LogP contribution in [0.15, 0.2) is 170 Å². The molecule has 0 aliphatic rings. The minimum Gasteiger partial charge on any atom is -0.456 e. The van der Waals surface area contributed by atoms with Crippen molar-refractivity contribution >= 4 is 66.3 Å². The Morgan fingerprint density at radius 1 is 0.542 bits per heavy atom. The van der Waals surface area contributed by atoms with Crippen molar-refractivity contribution in [1.82, 2.24) is 0 Å². The molecule has 0 radical (unpaired) electrons. The highest BCUT2D eigenvalue weighted by molar-refractivity contribution is 6.21. The lowest BCUT2D eigenvalue weighted by atomic mass is 9.97. The van der Waals surface area contributed by atoms with Crippen LogP contribution in [0.4, 0.5) is 0 Å². The van der Waals surface area contributed by atoms with Crippen molar-refractivity contribution in [3.63, 3.8) is 0 Å². The quantitative estimate of drug-likeness (QED) is 0.154. The van der Waals surface area contributed by atoms with Crippen molar-refractivity contribution in [1.29, 1.82) is 0 Å². The van der Waals surface area contributed by atoms with E-state index >= 15 is 0 Å². The van der Waals surface area contributed by atoms with Crippen LogP contribution in [0.1, 0.15) is 16.7 Å². The molecule has 228 valence electrons. The van der Waals surface area contributed by atoms with Gasteiger partial charge < -0.3 is 14.6 Å². The van der Waals surface area contributed by atoms with Crippen molar-refractivity contribution in [3.05, 3.63) is 168 Å². The number of para-hydroxylation sites is 1. The zero-order chi connectivity index (χ0) is 32.0. The Hall–Kier alpha value is -6.46. The van der Waals surface area contributed by atoms with E-state index in [1.54, 1.807) is 0 Å². The lowest BCUT2D eigenvalue weighted by molar-refractivity contribution is 0.669. The summed E-state index contributed by atoms with van der Waals surface area (Å²) in [5.74, 6) is 0.947. The summed E-state index contributed by atoms with van der Waals surface area (Å²) >= 11 is 0. The molecule has 0 aliphatic carbocycles. The van der Waals surface area contributed by atoms with Gasteiger partial charge in [0.2, 0.25) is 0 Å². The molecule has 2 heterocycles. The first kappa shape index (κ1) is 27.8. The summed E-state index contributed by atoms with van der Waals surface area (Å²) in [6.45, 7) is 0.482. The summed E-state index contributed by atoms with van der Waals surface area (Å²) in [6, 6.07) is 51.4. The predicted octanol–water partition coefficient (Wildman–Crippen LogP) is 10.7. The minimum absolute atomic E-state index is 0.372. The third-order valence-corrected chi connectivity index (χ3v) is 8.97. The molecule has 9 aromatic rings. The average Bonchev–Trinajstić information content (AvgIpc) is 3.71. The molecule has 0 bridgehead atoms. The fraction of sp³-hybridized carbons (Fsp3) is 0.0233. The zero-order valence-corrected chi connectivity index (χ0v) is 25.9. The molecule has 0 spiro atoms. The molecule has 0 saturated heterocycles. The molecular weight excluding hydrogens is 590 g/mol. The van der Waals surface area contributed by atoms with Crippen molar-refractivity contribution in [2.24, 2.45) is 15.7 Å². The van der Waals surface area contributed by atoms with E-state index in [1.807, 2.05) is 84.9 Å². The number of nitrogens with zero attached hydrogens (tertiary/aromatic N) is 2. The Balaban J connectivity index is 1.20. The highest BCUT2D eigenvalue weighted by Crippen LogP contribution is 2.39. The van der Waals surface area contributed by atoms with Crippen LogP contribution in [0.5, 0.6) is 0 Å². The molecular formula is C43H29N3O2. The molecule has 48 heavy (non-hydrogen) atoms. The van der Waals surface area contributed by atoms with Crippen LogP contribution in [0.2, 0.25) is 0 Å². The second-order valence-corrected chi connectivity index (χ2v) is 12.0. The van der Waals surface area contributed by atoms with Gasteiger partial charge in [-0.05, 0) is 63.9 Å². The number of hydrogen-bond donors (Lipinski definition) is 1. The van der Waals surface area contributed by atoms with E-state index in [2.05, 4.69) is 66.7 Å². The van der Waals surface area contributed by atoms with Gasteiger partial charge in [-0.15, -0.1) is 0 Å². The van der Waals surface area contributed by atoms with Gasteiger partial charge in [0.15, 0.2) is 5.84 Å². The molecule has 0 aliphatic heterocycles. The Morgan fingerprint density at radius 2 is 1.25 bits per heavy atom. The second kappa shape index (κ2) is 11.4. The van der Waals surface area contributed by atoms with Gasteiger partial charge in [0.1, 0.15) is 28.2 Å². The van der Waals surface area contributed by atoms with Gasteiger partial charge in [-0.25, -0.2) is 4.99 Å². The summed E-state index contributed by atoms with van der Waals surface area (Å²) in [4.78, 5) is 10.0. The predicted molar refractivity (Wildman–Crippen MR) is 198 cm³/mol. The van der Waals surface area contributed by atoms with Gasteiger partial charge >= 0.3 is 0 Å². The van der Waals surface area contributed by atoms with Crippen LogP contribution < -0.4 is 5.73 Å². The van der Waals surface area contributed by atoms with E-state index in [1.165, 1.54) is 0 Å². The molecule has 5 heteroatoms. The number of furan rings is 2. The number of rotatable bonds is 5. The van der Waals surface area contributed by atoms with Crippen LogP contribution in [-0.4, -0.2) is 11.7 Å². The lowest BCUT2D eigenvalue weighted by Crippen LogP contribution is -2.17. The standard InChI is InChI=1S/C43H29N3O2/c44-42(46-43(45-26-27-10-2-1-3-11-27)31-21-20-28-12-4-5-13-29(28)24-31)34-16-9-19-39-41(34)35-25-30(22-23-37(35)48-39)32-15-8-18-38-40(32)33-14-6-7-17-36(33)47-38/h1-25H,26H2,(H2,44,45,46). The van der Waals surface area contributed by atoms with Crippen LogP contribution in [0.3, 0.4) is 0 Å². The van der Waals surface area contributed by atoms with Gasteiger partial charge in [-0.1, -0.05) is 115 Å². The molecule has 2 aromatic heterocycles. The van der Waals surface area contributed by atoms with Crippen molar-refractivity contribution in [2.45, 2.75) is 6.54 Å². The highest BCUT2D eigenvalue weighted by Gasteiger charge is 2.17. The average molecular weight is 620 g/mol.